The summed E-state index contributed by atoms with van der Waals surface area (Å²) in [4.78, 5) is 35.7. The topological polar surface area (TPSA) is 620 Å². The van der Waals surface area contributed by atoms with Crippen molar-refractivity contribution in [3.63, 3.8) is 0 Å². The van der Waals surface area contributed by atoms with Crippen molar-refractivity contribution in [1.29, 1.82) is 0 Å². The maximum absolute atomic E-state index is 11.8. The van der Waals surface area contributed by atoms with Crippen molar-refractivity contribution < 1.29 is 97.1 Å². The zero-order valence-corrected chi connectivity index (χ0v) is 47.1. The first-order chi connectivity index (χ1) is 38.2. The van der Waals surface area contributed by atoms with Gasteiger partial charge in [-0.1, -0.05) is 6.07 Å². The van der Waals surface area contributed by atoms with E-state index in [0.717, 1.165) is 60.7 Å². The molecule has 0 amide bonds. The van der Waals surface area contributed by atoms with Gasteiger partial charge in [0, 0.05) is 99.9 Å². The van der Waals surface area contributed by atoms with Crippen molar-refractivity contribution in [2.45, 2.75) is 19.6 Å². The number of nitro groups is 4. The van der Waals surface area contributed by atoms with Gasteiger partial charge in [0.25, 0.3) is 57.5 Å². The van der Waals surface area contributed by atoms with Gasteiger partial charge in [0.1, 0.15) is 27.8 Å². The molecule has 1 radical (unpaired) electrons. The third-order valence-electron chi connectivity index (χ3n) is 10.1. The molecule has 8 aromatic rings. The molecule has 439 valence electrons. The van der Waals surface area contributed by atoms with Gasteiger partial charge in [-0.3, -0.25) is 58.7 Å². The zero-order valence-electron chi connectivity index (χ0n) is 41.8. The third kappa shape index (κ3) is 18.4. The van der Waals surface area contributed by atoms with E-state index in [1.54, 1.807) is 6.07 Å². The van der Waals surface area contributed by atoms with E-state index in [1.807, 2.05) is 0 Å². The number of hydrogen-bond donors (Lipinski definition) is 13. The predicted octanol–water partition coefficient (Wildman–Crippen LogP) is 6.25. The van der Waals surface area contributed by atoms with Crippen LogP contribution in [0.3, 0.4) is 0 Å². The Morgan fingerprint density at radius 3 is 1.23 bits per heavy atom. The fourth-order valence-corrected chi connectivity index (χ4v) is 8.71. The summed E-state index contributed by atoms with van der Waals surface area (Å²) in [7, 11) is -18.8. The minimum Gasteiger partial charge on any atom is -0.508 e. The van der Waals surface area contributed by atoms with Crippen LogP contribution in [0.1, 0.15) is 0 Å². The summed E-state index contributed by atoms with van der Waals surface area (Å²) in [6.45, 7) is 0. The first-order valence-electron chi connectivity index (χ1n) is 21.3. The summed E-state index contributed by atoms with van der Waals surface area (Å²) in [6.07, 6.45) is 0. The quantitative estimate of drug-likeness (QED) is 0.0137. The molecule has 84 heavy (non-hydrogen) atoms. The van der Waals surface area contributed by atoms with E-state index in [4.69, 9.17) is 47.4 Å². The fraction of sp³-hybridized carbons (Fsp3) is 0. The summed E-state index contributed by atoms with van der Waals surface area (Å²) < 4.78 is 127. The molecule has 17 N–H and O–H groups in total. The van der Waals surface area contributed by atoms with Gasteiger partial charge >= 0.3 is 5.69 Å². The number of hydrogen-bond acceptors (Lipinski definition) is 27. The largest absolute Gasteiger partial charge is 0.508 e. The summed E-state index contributed by atoms with van der Waals surface area (Å²) in [6, 6.07) is 23.8. The van der Waals surface area contributed by atoms with Crippen LogP contribution in [0.2, 0.25) is 0 Å². The molecule has 0 fully saturated rings. The van der Waals surface area contributed by atoms with Crippen LogP contribution in [-0.2, 0) is 40.5 Å². The van der Waals surface area contributed by atoms with E-state index in [9.17, 15) is 93.4 Å². The number of azo groups is 1. The number of nitro benzene ring substituents is 4. The second-order valence-electron chi connectivity index (χ2n) is 15.9. The van der Waals surface area contributed by atoms with Gasteiger partial charge in [0.15, 0.2) is 5.75 Å². The van der Waals surface area contributed by atoms with Crippen LogP contribution < -0.4 is 22.9 Å². The monoisotopic (exact) mass is 1260 g/mol. The third-order valence-corrected chi connectivity index (χ3v) is 13.5. The van der Waals surface area contributed by atoms with Gasteiger partial charge in [0.05, 0.1) is 51.8 Å². The van der Waals surface area contributed by atoms with E-state index >= 15 is 0 Å². The predicted molar refractivity (Wildman–Crippen MR) is 295 cm³/mol. The molecule has 0 saturated carbocycles. The Kier molecular flexibility index (Phi) is 22.4. The van der Waals surface area contributed by atoms with Crippen LogP contribution in [0.4, 0.5) is 56.9 Å². The standard InChI is InChI=1S/C16H12N4O9S2.C10H9NO7S2.C6H5N3O5.C6H6N2O2.C6H6O2.Na/c17-12-7-11(30(24,25)26)5-8-6-13(31(27,28)29)15(16(21)14(8)12)19-18-9-1-3-10(4-2-9)20(22)23;11-8-3-6(19(13,14)15)1-5-2-7(20(16,17)18)4-9(12)10(5)8;7-4-1-3(8(11)12)2-5(6(4)10)9(13)14;7-5-1-3-6(4-2-5)8(9)10;7-5-2-1-3-6(8)4-5;/h1-7,21H,17H2,(H,24,25,26)(H,27,28,29);1-4,12H,11H2,(H,13,14,15)(H,16,17,18);1-2,10H,7H2;1-4H,7H2;1-4,7-8H;. The van der Waals surface area contributed by atoms with Crippen molar-refractivity contribution >= 4 is 148 Å². The first kappa shape index (κ1) is 68.6. The maximum Gasteiger partial charge on any atom is 0.319 e. The molecule has 0 aromatic heterocycles. The molecule has 0 saturated heterocycles. The average Bonchev–Trinajstić information content (AvgIpc) is 1.43. The summed E-state index contributed by atoms with van der Waals surface area (Å²) in [5, 5.41) is 94.9. The van der Waals surface area contributed by atoms with Gasteiger partial charge in [-0.15, -0.1) is 5.11 Å². The Hall–Kier alpha value is -9.68. The van der Waals surface area contributed by atoms with Crippen LogP contribution >= 0.6 is 0 Å². The van der Waals surface area contributed by atoms with E-state index in [0.29, 0.717) is 11.8 Å². The summed E-state index contributed by atoms with van der Waals surface area (Å²) >= 11 is 0. The summed E-state index contributed by atoms with van der Waals surface area (Å²) in [5.74, 6) is -1.97. The number of nitrogens with zero attached hydrogens (tertiary/aromatic N) is 6. The van der Waals surface area contributed by atoms with Crippen LogP contribution in [0, 0.1) is 40.5 Å². The molecule has 35 nitrogen and oxygen atoms in total. The first-order valence-corrected chi connectivity index (χ1v) is 27.1. The minimum absolute atomic E-state index is 0. The molecule has 0 spiro atoms. The van der Waals surface area contributed by atoms with Gasteiger partial charge in [-0.25, -0.2) is 0 Å². The number of non-ortho nitro benzene ring substituents is 3. The fourth-order valence-electron chi connectivity index (χ4n) is 6.41. The SMILES string of the molecule is Nc1cc(S(=O)(=O)O)cc2cc(S(=O)(=O)O)c(N=Nc3ccc([N+](=O)[O-])cc3)c(O)c12.Nc1cc(S(=O)(=O)O)cc2cc(S(=O)(=O)O)cc(O)c12.Nc1cc([N+](=O)[O-])cc([N+](=O)[O-])c1O.Nc1ccc([N+](=O)[O-])cc1.Oc1cccc(O)c1.[Na]. The normalized spacial score (nSPS) is 11.2. The molecule has 8 aromatic carbocycles. The number of phenolic OH excluding ortho intramolecular Hbond substituents is 5. The molecular formula is C44H38N10NaO25S4. The van der Waals surface area contributed by atoms with Crippen molar-refractivity contribution in [2.24, 2.45) is 10.2 Å². The Balaban J connectivity index is 0.000000299. The average molecular weight is 1260 g/mol. The molecule has 0 aliphatic heterocycles. The van der Waals surface area contributed by atoms with Crippen LogP contribution in [0.15, 0.2) is 157 Å². The van der Waals surface area contributed by atoms with Gasteiger partial charge in [-0.05, 0) is 83.6 Å². The minimum atomic E-state index is -4.99. The zero-order chi connectivity index (χ0) is 62.9. The second-order valence-corrected chi connectivity index (χ2v) is 21.5. The number of nitrogen functional groups attached to an aromatic ring is 4. The Labute approximate surface area is 491 Å². The van der Waals surface area contributed by atoms with Gasteiger partial charge in [-0.2, -0.15) is 38.8 Å². The van der Waals surface area contributed by atoms with Gasteiger partial charge in [0.2, 0.25) is 5.75 Å². The number of rotatable bonds is 10. The summed E-state index contributed by atoms with van der Waals surface area (Å²) in [5.41, 5.74) is 19.3. The van der Waals surface area contributed by atoms with E-state index in [-0.39, 0.29) is 91.0 Å². The number of benzene rings is 8. The van der Waals surface area contributed by atoms with Crippen LogP contribution in [0.5, 0.6) is 28.7 Å². The molecule has 0 bridgehead atoms. The van der Waals surface area contributed by atoms with E-state index in [1.165, 1.54) is 54.6 Å². The van der Waals surface area contributed by atoms with Crippen molar-refractivity contribution in [3.8, 4) is 28.7 Å². The molecule has 8 rings (SSSR count). The number of fused-ring (bicyclic) bond motifs is 2. The maximum atomic E-state index is 11.8. The molecule has 0 aliphatic rings. The van der Waals surface area contributed by atoms with Gasteiger partial charge < -0.3 is 48.5 Å². The number of anilines is 4. The smallest absolute Gasteiger partial charge is 0.319 e. The molecule has 0 unspecified atom stereocenters. The van der Waals surface area contributed by atoms with Crippen molar-refractivity contribution in [3.05, 3.63) is 168 Å². The Bertz CT molecular complexity index is 4300. The Morgan fingerprint density at radius 2 is 0.833 bits per heavy atom. The molecule has 0 heterocycles. The number of nitrogens with two attached hydrogens (primary N) is 4. The molecule has 0 aliphatic carbocycles. The molecular weight excluding hydrogens is 1220 g/mol. The molecule has 40 heteroatoms. The van der Waals surface area contributed by atoms with Crippen molar-refractivity contribution in [1.82, 2.24) is 0 Å². The van der Waals surface area contributed by atoms with Crippen molar-refractivity contribution in [2.75, 3.05) is 22.9 Å². The van der Waals surface area contributed by atoms with E-state index < -0.39 is 120 Å². The number of aromatic hydroxyl groups is 5. The second kappa shape index (κ2) is 27.4. The van der Waals surface area contributed by atoms with Crippen LogP contribution in [-0.4, -0.2) is 127 Å². The molecule has 0 atom stereocenters. The number of phenols is 5. The Morgan fingerprint density at radius 1 is 0.417 bits per heavy atom. The van der Waals surface area contributed by atoms with Crippen LogP contribution in [0.25, 0.3) is 21.5 Å². The van der Waals surface area contributed by atoms with E-state index in [2.05, 4.69) is 10.2 Å².